The predicted octanol–water partition coefficient (Wildman–Crippen LogP) is 3.38. The summed E-state index contributed by atoms with van der Waals surface area (Å²) in [6, 6.07) is 0. The molecule has 19 heavy (non-hydrogen) atoms. The number of rotatable bonds is 4. The fourth-order valence-corrected chi connectivity index (χ4v) is 4.07. The fourth-order valence-electron chi connectivity index (χ4n) is 3.28. The maximum absolute atomic E-state index is 12.1. The Morgan fingerprint density at radius 3 is 2.47 bits per heavy atom. The highest BCUT2D eigenvalue weighted by molar-refractivity contribution is 14.1. The highest BCUT2D eigenvalue weighted by Gasteiger charge is 2.49. The molecule has 0 unspecified atom stereocenters. The predicted molar refractivity (Wildman–Crippen MR) is 82.8 cm³/mol. The van der Waals surface area contributed by atoms with Crippen molar-refractivity contribution in [2.75, 3.05) is 0 Å². The van der Waals surface area contributed by atoms with Gasteiger partial charge in [0.05, 0.1) is 5.92 Å². The molecule has 0 amide bonds. The van der Waals surface area contributed by atoms with Gasteiger partial charge in [0.2, 0.25) is 0 Å². The monoisotopic (exact) mass is 380 g/mol. The second-order valence-corrected chi connectivity index (χ2v) is 7.96. The second-order valence-electron chi connectivity index (χ2n) is 6.68. The molecule has 0 aromatic heterocycles. The first-order chi connectivity index (χ1) is 8.90. The first-order valence-electron chi connectivity index (χ1n) is 7.42. The molecule has 2 aliphatic carbocycles. The molecule has 110 valence electrons. The van der Waals surface area contributed by atoms with Crippen LogP contribution in [-0.2, 0) is 9.53 Å². The van der Waals surface area contributed by atoms with Gasteiger partial charge in [-0.1, -0.05) is 49.8 Å². The van der Waals surface area contributed by atoms with Gasteiger partial charge in [-0.3, -0.25) is 4.79 Å². The smallest absolute Gasteiger partial charge is 0.309 e. The van der Waals surface area contributed by atoms with E-state index in [1.54, 1.807) is 0 Å². The molecule has 0 spiro atoms. The topological polar surface area (TPSA) is 46.5 Å². The number of hydrogen-bond donors (Lipinski definition) is 1. The van der Waals surface area contributed by atoms with Crippen LogP contribution >= 0.6 is 22.6 Å². The summed E-state index contributed by atoms with van der Waals surface area (Å²) in [7, 11) is 0. The van der Waals surface area contributed by atoms with Crippen LogP contribution in [-0.4, -0.2) is 21.3 Å². The summed E-state index contributed by atoms with van der Waals surface area (Å²) in [5, 5.41) is 9.48. The van der Waals surface area contributed by atoms with Crippen molar-refractivity contribution in [3.05, 3.63) is 0 Å². The number of esters is 1. The van der Waals surface area contributed by atoms with E-state index >= 15 is 0 Å². The molecule has 4 heteroatoms. The van der Waals surface area contributed by atoms with Crippen molar-refractivity contribution >= 4 is 28.6 Å². The fraction of sp³-hybridized carbons (Fsp3) is 0.933. The first kappa shape index (κ1) is 15.5. The maximum Gasteiger partial charge on any atom is 0.309 e. The van der Waals surface area contributed by atoms with Crippen LogP contribution in [0.1, 0.15) is 46.5 Å². The van der Waals surface area contributed by atoms with E-state index in [2.05, 4.69) is 20.8 Å². The highest BCUT2D eigenvalue weighted by atomic mass is 127. The van der Waals surface area contributed by atoms with E-state index in [0.717, 1.165) is 12.8 Å². The Morgan fingerprint density at radius 2 is 1.95 bits per heavy atom. The Balaban J connectivity index is 1.90. The first-order valence-corrected chi connectivity index (χ1v) is 8.67. The Kier molecular flexibility index (Phi) is 5.15. The Morgan fingerprint density at radius 1 is 1.26 bits per heavy atom. The molecule has 2 rings (SSSR count). The van der Waals surface area contributed by atoms with Crippen molar-refractivity contribution in [1.82, 2.24) is 0 Å². The molecule has 0 bridgehead atoms. The molecule has 1 N–H and O–H groups in total. The van der Waals surface area contributed by atoms with E-state index in [-0.39, 0.29) is 23.9 Å². The summed E-state index contributed by atoms with van der Waals surface area (Å²) in [5.41, 5.74) is 0. The van der Waals surface area contributed by atoms with Crippen molar-refractivity contribution in [2.45, 2.75) is 56.7 Å². The van der Waals surface area contributed by atoms with E-state index in [9.17, 15) is 9.90 Å². The van der Waals surface area contributed by atoms with Gasteiger partial charge in [-0.25, -0.2) is 0 Å². The van der Waals surface area contributed by atoms with Crippen molar-refractivity contribution in [3.8, 4) is 0 Å². The number of halogens is 1. The average Bonchev–Trinajstić information content (AvgIpc) is 3.08. The summed E-state index contributed by atoms with van der Waals surface area (Å²) in [6.07, 6.45) is 4.29. The van der Waals surface area contributed by atoms with Crippen molar-refractivity contribution < 1.29 is 14.6 Å². The lowest BCUT2D eigenvalue weighted by atomic mass is 9.75. The zero-order valence-electron chi connectivity index (χ0n) is 12.0. The molecule has 0 heterocycles. The van der Waals surface area contributed by atoms with Crippen molar-refractivity contribution in [1.29, 1.82) is 0 Å². The summed E-state index contributed by atoms with van der Waals surface area (Å²) < 4.78 is 5.37. The zero-order valence-corrected chi connectivity index (χ0v) is 14.2. The van der Waals surface area contributed by atoms with Crippen LogP contribution in [0.25, 0.3) is 0 Å². The third kappa shape index (κ3) is 3.84. The van der Waals surface area contributed by atoms with Crippen molar-refractivity contribution in [2.24, 2.45) is 29.6 Å². The minimum absolute atomic E-state index is 0.0584. The molecule has 3 nitrogen and oxygen atoms in total. The molecular weight excluding hydrogens is 355 g/mol. The van der Waals surface area contributed by atoms with Gasteiger partial charge < -0.3 is 9.84 Å². The average molecular weight is 380 g/mol. The summed E-state index contributed by atoms with van der Waals surface area (Å²) >= 11 is 1.98. The zero-order chi connectivity index (χ0) is 14.2. The Labute approximate surface area is 129 Å². The lowest BCUT2D eigenvalue weighted by molar-refractivity contribution is -0.158. The number of ether oxygens (including phenoxy) is 1. The van der Waals surface area contributed by atoms with Gasteiger partial charge in [-0.2, -0.15) is 0 Å². The lowest BCUT2D eigenvalue weighted by Gasteiger charge is -2.36. The van der Waals surface area contributed by atoms with Crippen LogP contribution in [0.4, 0.5) is 0 Å². The summed E-state index contributed by atoms with van der Waals surface area (Å²) in [6.45, 7) is 6.68. The lowest BCUT2D eigenvalue weighted by Crippen LogP contribution is -2.36. The number of aliphatic hydroxyl groups excluding tert-OH is 1. The van der Waals surface area contributed by atoms with E-state index < -0.39 is 4.11 Å². The minimum atomic E-state index is -0.415. The van der Waals surface area contributed by atoms with E-state index in [4.69, 9.17) is 4.74 Å². The van der Waals surface area contributed by atoms with Crippen LogP contribution in [0, 0.1) is 29.6 Å². The molecule has 2 aliphatic rings. The Bertz CT molecular complexity index is 329. The van der Waals surface area contributed by atoms with Crippen molar-refractivity contribution in [3.63, 3.8) is 0 Å². The number of hydrogen-bond acceptors (Lipinski definition) is 3. The molecule has 0 aromatic carbocycles. The summed E-state index contributed by atoms with van der Waals surface area (Å²) in [4.78, 5) is 12.1. The van der Waals surface area contributed by atoms with Gasteiger partial charge in [0.1, 0.15) is 10.2 Å². The Hall–Kier alpha value is 0.160. The number of alkyl halides is 1. The quantitative estimate of drug-likeness (QED) is 0.462. The standard InChI is InChI=1S/C15H25IO3/c1-8(2)10-5-4-9(3)6-13(10)19-15(18)12-7-11(12)14(16)17/h8-14,17H,4-7H2,1-3H3/t9-,10+,11+,12+,13-,14-/m1/s1. The maximum atomic E-state index is 12.1. The molecule has 0 aliphatic heterocycles. The van der Waals surface area contributed by atoms with Gasteiger partial charge in [0.15, 0.2) is 0 Å². The van der Waals surface area contributed by atoms with E-state index in [1.807, 2.05) is 22.6 Å². The number of carbonyl (C=O) groups is 1. The van der Waals surface area contributed by atoms with Crippen LogP contribution in [0.15, 0.2) is 0 Å². The van der Waals surface area contributed by atoms with E-state index in [1.165, 1.54) is 12.8 Å². The number of aliphatic hydroxyl groups is 1. The van der Waals surface area contributed by atoms with Crippen LogP contribution in [0.5, 0.6) is 0 Å². The van der Waals surface area contributed by atoms with Gasteiger partial charge >= 0.3 is 5.97 Å². The third-order valence-electron chi connectivity index (χ3n) is 4.72. The molecule has 2 saturated carbocycles. The highest BCUT2D eigenvalue weighted by Crippen LogP contribution is 2.45. The SMILES string of the molecule is CC(C)[C@@H]1CC[C@@H](C)C[C@H]1OC(=O)[C@H]1C[C@@H]1[C@@H](O)I. The van der Waals surface area contributed by atoms with E-state index in [0.29, 0.717) is 17.8 Å². The molecule has 2 fully saturated rings. The molecular formula is C15H25IO3. The van der Waals surface area contributed by atoms with Gasteiger partial charge in [-0.05, 0) is 37.0 Å². The molecule has 6 atom stereocenters. The van der Waals surface area contributed by atoms with Gasteiger partial charge in [-0.15, -0.1) is 0 Å². The summed E-state index contributed by atoms with van der Waals surface area (Å²) in [5.74, 6) is 1.70. The van der Waals surface area contributed by atoms with Gasteiger partial charge in [0, 0.05) is 5.92 Å². The molecule has 0 radical (unpaired) electrons. The van der Waals surface area contributed by atoms with Gasteiger partial charge in [0.25, 0.3) is 0 Å². The second kappa shape index (κ2) is 6.29. The van der Waals surface area contributed by atoms with Crippen LogP contribution in [0.3, 0.4) is 0 Å². The normalized spacial score (nSPS) is 40.0. The van der Waals surface area contributed by atoms with Crippen LogP contribution in [0.2, 0.25) is 0 Å². The van der Waals surface area contributed by atoms with Crippen LogP contribution < -0.4 is 0 Å². The molecule has 0 saturated heterocycles. The minimum Gasteiger partial charge on any atom is -0.462 e. The largest absolute Gasteiger partial charge is 0.462 e. The number of carbonyl (C=O) groups excluding carboxylic acids is 1. The molecule has 0 aromatic rings. The third-order valence-corrected chi connectivity index (χ3v) is 5.65.